The molecule has 0 bridgehead atoms. The third kappa shape index (κ3) is 4.72. The number of nitrogens with zero attached hydrogens (tertiary/aromatic N) is 3. The summed E-state index contributed by atoms with van der Waals surface area (Å²) < 4.78 is 7.32. The summed E-state index contributed by atoms with van der Waals surface area (Å²) in [5.74, 6) is 1.20. The van der Waals surface area contributed by atoms with Crippen molar-refractivity contribution in [2.45, 2.75) is 26.8 Å². The number of halogens is 1. The third-order valence-corrected chi connectivity index (χ3v) is 4.32. The lowest BCUT2D eigenvalue weighted by Gasteiger charge is -2.02. The van der Waals surface area contributed by atoms with Crippen LogP contribution in [0.1, 0.15) is 22.0 Å². The zero-order valence-corrected chi connectivity index (χ0v) is 14.2. The van der Waals surface area contributed by atoms with E-state index in [9.17, 15) is 4.79 Å². The van der Waals surface area contributed by atoms with Gasteiger partial charge in [-0.1, -0.05) is 11.3 Å². The molecule has 8 heteroatoms. The van der Waals surface area contributed by atoms with Gasteiger partial charge in [0.25, 0.3) is 0 Å². The average molecular weight is 343 g/mol. The highest BCUT2D eigenvalue weighted by molar-refractivity contribution is 7.09. The Labute approximate surface area is 139 Å². The monoisotopic (exact) mass is 342 g/mol. The van der Waals surface area contributed by atoms with Gasteiger partial charge >= 0.3 is 0 Å². The van der Waals surface area contributed by atoms with Gasteiger partial charge in [-0.2, -0.15) is 4.57 Å². The molecule has 0 aliphatic rings. The van der Waals surface area contributed by atoms with E-state index in [4.69, 9.17) is 10.5 Å². The van der Waals surface area contributed by atoms with Gasteiger partial charge in [-0.25, -0.2) is 9.97 Å². The van der Waals surface area contributed by atoms with Crippen LogP contribution in [0.2, 0.25) is 0 Å². The molecular formula is C14H19ClN4O2S. The number of carbonyl (C=O) groups is 1. The minimum absolute atomic E-state index is 0. The largest absolute Gasteiger partial charge is 1.00 e. The Morgan fingerprint density at radius 2 is 2.23 bits per heavy atom. The fourth-order valence-corrected chi connectivity index (χ4v) is 2.94. The number of ether oxygens (including phenoxy) is 1. The Kier molecular flexibility index (Phi) is 7.37. The first-order valence-corrected chi connectivity index (χ1v) is 7.55. The first-order valence-electron chi connectivity index (χ1n) is 6.67. The number of hydrogen-bond donors (Lipinski definition) is 1. The lowest BCUT2D eigenvalue weighted by molar-refractivity contribution is -0.689. The van der Waals surface area contributed by atoms with E-state index in [1.807, 2.05) is 6.92 Å². The van der Waals surface area contributed by atoms with Crippen LogP contribution in [0.25, 0.3) is 0 Å². The summed E-state index contributed by atoms with van der Waals surface area (Å²) in [6.45, 7) is 5.25. The van der Waals surface area contributed by atoms with Gasteiger partial charge < -0.3 is 27.7 Å². The molecule has 0 aliphatic carbocycles. The van der Waals surface area contributed by atoms with Crippen LogP contribution >= 0.6 is 11.3 Å². The van der Waals surface area contributed by atoms with E-state index < -0.39 is 0 Å². The summed E-state index contributed by atoms with van der Waals surface area (Å²) in [6.07, 6.45) is 3.34. The lowest BCUT2D eigenvalue weighted by Crippen LogP contribution is -3.00. The number of aryl methyl sites for hydroxylation is 1. The molecule has 0 radical (unpaired) electrons. The van der Waals surface area contributed by atoms with Crippen molar-refractivity contribution in [3.63, 3.8) is 0 Å². The molecule has 2 rings (SSSR count). The molecule has 2 N–H and O–H groups in total. The van der Waals surface area contributed by atoms with Crippen molar-refractivity contribution in [1.82, 2.24) is 9.97 Å². The first-order chi connectivity index (χ1) is 10.1. The number of aromatic nitrogens is 3. The van der Waals surface area contributed by atoms with Crippen molar-refractivity contribution in [2.75, 3.05) is 18.9 Å². The van der Waals surface area contributed by atoms with Crippen molar-refractivity contribution in [2.24, 2.45) is 0 Å². The molecule has 0 spiro atoms. The minimum Gasteiger partial charge on any atom is -1.00 e. The van der Waals surface area contributed by atoms with Gasteiger partial charge in [0.1, 0.15) is 24.5 Å². The van der Waals surface area contributed by atoms with E-state index in [2.05, 4.69) is 27.0 Å². The maximum Gasteiger partial charge on any atom is 0.225 e. The number of nitrogen functional groups attached to an aromatic ring is 1. The molecule has 6 nitrogen and oxygen atoms in total. The molecule has 0 atom stereocenters. The van der Waals surface area contributed by atoms with Gasteiger partial charge in [-0.15, -0.1) is 0 Å². The number of thiazole rings is 1. The molecule has 0 saturated heterocycles. The quantitative estimate of drug-likeness (QED) is 0.352. The van der Waals surface area contributed by atoms with Crippen molar-refractivity contribution < 1.29 is 26.5 Å². The Morgan fingerprint density at radius 3 is 2.91 bits per heavy atom. The Hall–Kier alpha value is -1.57. The molecule has 0 aromatic carbocycles. The Morgan fingerprint density at radius 1 is 1.45 bits per heavy atom. The van der Waals surface area contributed by atoms with Crippen molar-refractivity contribution in [3.05, 3.63) is 33.7 Å². The van der Waals surface area contributed by atoms with Gasteiger partial charge in [0.2, 0.25) is 5.51 Å². The van der Waals surface area contributed by atoms with Crippen LogP contribution in [0.3, 0.4) is 0 Å². The maximum atomic E-state index is 10.2. The molecule has 0 amide bonds. The van der Waals surface area contributed by atoms with Crippen LogP contribution in [0.4, 0.5) is 5.82 Å². The second-order valence-corrected chi connectivity index (χ2v) is 5.62. The fourth-order valence-electron chi connectivity index (χ4n) is 1.96. The number of rotatable bonds is 7. The molecule has 2 aromatic rings. The molecule has 0 unspecified atom stereocenters. The second-order valence-electron chi connectivity index (χ2n) is 4.68. The molecule has 0 fully saturated rings. The molecular weight excluding hydrogens is 324 g/mol. The van der Waals surface area contributed by atoms with Gasteiger partial charge in [0.05, 0.1) is 17.0 Å². The second kappa shape index (κ2) is 8.77. The van der Waals surface area contributed by atoms with Crippen LogP contribution in [0.15, 0.2) is 11.7 Å². The highest BCUT2D eigenvalue weighted by Crippen LogP contribution is 2.14. The van der Waals surface area contributed by atoms with E-state index in [1.165, 1.54) is 10.6 Å². The Bertz CT molecular complexity index is 633. The number of nitrogens with two attached hydrogens (primary N) is 1. The number of carbonyl (C=O) groups excluding carboxylic acids is 1. The standard InChI is InChI=1S/C14H19N4O2S.ClH/c1-10-13(3-5-20-6-4-19)21-9-18(10)8-12-7-16-11(2)17-14(12)15;/h4,7,9H,3,5-6,8H2,1-2H3,(H2,15,16,17);1H/q+1;/p-1. The highest BCUT2D eigenvalue weighted by Gasteiger charge is 2.17. The topological polar surface area (TPSA) is 82.0 Å². The highest BCUT2D eigenvalue weighted by atomic mass is 35.5. The van der Waals surface area contributed by atoms with E-state index in [0.717, 1.165) is 18.3 Å². The number of aldehydes is 1. The van der Waals surface area contributed by atoms with E-state index in [1.54, 1.807) is 17.5 Å². The molecule has 0 aliphatic heterocycles. The summed E-state index contributed by atoms with van der Waals surface area (Å²) in [5.41, 5.74) is 10.1. The van der Waals surface area contributed by atoms with Crippen molar-refractivity contribution >= 4 is 23.4 Å². The molecule has 2 heterocycles. The van der Waals surface area contributed by atoms with E-state index in [0.29, 0.717) is 24.8 Å². The fraction of sp³-hybridized carbons (Fsp3) is 0.429. The van der Waals surface area contributed by atoms with Gasteiger partial charge in [-0.05, 0) is 6.92 Å². The van der Waals surface area contributed by atoms with Gasteiger partial charge in [0, 0.05) is 19.5 Å². The SMILES string of the molecule is Cc1ncc(C[n+]2csc(CCOCC=O)c2C)c(N)n1.[Cl-]. The molecule has 0 saturated carbocycles. The first kappa shape index (κ1) is 18.5. The molecule has 22 heavy (non-hydrogen) atoms. The van der Waals surface area contributed by atoms with E-state index >= 15 is 0 Å². The predicted octanol–water partition coefficient (Wildman–Crippen LogP) is -2.17. The number of hydrogen-bond acceptors (Lipinski definition) is 6. The smallest absolute Gasteiger partial charge is 0.225 e. The van der Waals surface area contributed by atoms with Crippen LogP contribution in [0, 0.1) is 13.8 Å². The van der Waals surface area contributed by atoms with Crippen molar-refractivity contribution in [1.29, 1.82) is 0 Å². The zero-order chi connectivity index (χ0) is 15.2. The summed E-state index contributed by atoms with van der Waals surface area (Å²) in [4.78, 5) is 19.8. The molecule has 120 valence electrons. The average Bonchev–Trinajstić information content (AvgIpc) is 2.79. The Balaban J connectivity index is 0.00000242. The third-order valence-electron chi connectivity index (χ3n) is 3.18. The molecule has 2 aromatic heterocycles. The summed E-state index contributed by atoms with van der Waals surface area (Å²) >= 11 is 1.68. The summed E-state index contributed by atoms with van der Waals surface area (Å²) in [7, 11) is 0. The van der Waals surface area contributed by atoms with Crippen LogP contribution in [0.5, 0.6) is 0 Å². The van der Waals surface area contributed by atoms with E-state index in [-0.39, 0.29) is 19.0 Å². The zero-order valence-electron chi connectivity index (χ0n) is 12.6. The van der Waals surface area contributed by atoms with Gasteiger partial charge in [0.15, 0.2) is 12.2 Å². The normalized spacial score (nSPS) is 10.3. The number of anilines is 1. The van der Waals surface area contributed by atoms with Gasteiger partial charge in [-0.3, -0.25) is 0 Å². The van der Waals surface area contributed by atoms with Crippen LogP contribution in [-0.2, 0) is 22.5 Å². The van der Waals surface area contributed by atoms with Crippen LogP contribution < -0.4 is 22.7 Å². The maximum absolute atomic E-state index is 10.2. The summed E-state index contributed by atoms with van der Waals surface area (Å²) in [5, 5.41) is 0. The summed E-state index contributed by atoms with van der Waals surface area (Å²) in [6, 6.07) is 0. The lowest BCUT2D eigenvalue weighted by atomic mass is 10.2. The van der Waals surface area contributed by atoms with Crippen molar-refractivity contribution in [3.8, 4) is 0 Å². The van der Waals surface area contributed by atoms with Crippen LogP contribution in [-0.4, -0.2) is 29.5 Å². The predicted molar refractivity (Wildman–Crippen MR) is 80.1 cm³/mol. The minimum atomic E-state index is 0.